The fourth-order valence-electron chi connectivity index (χ4n) is 1.62. The maximum atomic E-state index is 10.9. The number of carbonyl (C=O) groups is 2. The van der Waals surface area contributed by atoms with E-state index >= 15 is 0 Å². The van der Waals surface area contributed by atoms with Crippen molar-refractivity contribution in [3.63, 3.8) is 0 Å². The summed E-state index contributed by atoms with van der Waals surface area (Å²) < 4.78 is 0. The topological polar surface area (TPSA) is 66.4 Å². The van der Waals surface area contributed by atoms with Crippen LogP contribution < -0.4 is 5.32 Å². The summed E-state index contributed by atoms with van der Waals surface area (Å²) in [5.74, 6) is -0.880. The molecule has 0 saturated heterocycles. The lowest BCUT2D eigenvalue weighted by atomic mass is 9.92. The van der Waals surface area contributed by atoms with E-state index in [0.717, 1.165) is 19.3 Å². The lowest BCUT2D eigenvalue weighted by molar-refractivity contribution is -0.142. The van der Waals surface area contributed by atoms with E-state index in [9.17, 15) is 9.59 Å². The van der Waals surface area contributed by atoms with Gasteiger partial charge in [0, 0.05) is 6.54 Å². The molecule has 2 atom stereocenters. The van der Waals surface area contributed by atoms with E-state index < -0.39 is 11.9 Å². The molecule has 2 unspecified atom stereocenters. The van der Waals surface area contributed by atoms with Gasteiger partial charge in [-0.15, -0.1) is 0 Å². The van der Waals surface area contributed by atoms with Crippen molar-refractivity contribution in [3.05, 3.63) is 0 Å². The van der Waals surface area contributed by atoms with Crippen LogP contribution in [-0.4, -0.2) is 24.0 Å². The normalized spacial score (nSPS) is 14.3. The van der Waals surface area contributed by atoms with E-state index in [1.165, 1.54) is 0 Å². The van der Waals surface area contributed by atoms with Crippen molar-refractivity contribution in [3.8, 4) is 0 Å². The predicted molar refractivity (Wildman–Crippen MR) is 58.5 cm³/mol. The van der Waals surface area contributed by atoms with Gasteiger partial charge in [-0.25, -0.2) is 0 Å². The first-order valence-electron chi connectivity index (χ1n) is 5.51. The van der Waals surface area contributed by atoms with E-state index in [-0.39, 0.29) is 6.54 Å². The molecule has 0 heterocycles. The first kappa shape index (κ1) is 13.9. The van der Waals surface area contributed by atoms with Crippen LogP contribution in [0.25, 0.3) is 0 Å². The van der Waals surface area contributed by atoms with E-state index in [1.54, 1.807) is 0 Å². The lowest BCUT2D eigenvalue weighted by Crippen LogP contribution is -2.29. The molecule has 2 N–H and O–H groups in total. The highest BCUT2D eigenvalue weighted by molar-refractivity contribution is 5.70. The van der Waals surface area contributed by atoms with E-state index in [0.29, 0.717) is 18.7 Å². The molecule has 88 valence electrons. The third kappa shape index (κ3) is 6.94. The Morgan fingerprint density at radius 1 is 1.53 bits per heavy atom. The van der Waals surface area contributed by atoms with E-state index in [2.05, 4.69) is 19.2 Å². The molecule has 0 rings (SSSR count). The number of rotatable bonds is 9. The number of carboxylic acids is 1. The Labute approximate surface area is 91.1 Å². The summed E-state index contributed by atoms with van der Waals surface area (Å²) in [4.78, 5) is 20.9. The Morgan fingerprint density at radius 3 is 2.67 bits per heavy atom. The van der Waals surface area contributed by atoms with Gasteiger partial charge in [-0.2, -0.15) is 0 Å². The number of hydrogen-bond acceptors (Lipinski definition) is 2. The summed E-state index contributed by atoms with van der Waals surface area (Å²) in [6.45, 7) is 4.41. The van der Waals surface area contributed by atoms with Crippen molar-refractivity contribution in [1.29, 1.82) is 0 Å². The molecule has 4 heteroatoms. The van der Waals surface area contributed by atoms with Crippen molar-refractivity contribution >= 4 is 12.4 Å². The first-order valence-corrected chi connectivity index (χ1v) is 5.51. The molecule has 0 saturated carbocycles. The maximum Gasteiger partial charge on any atom is 0.308 e. The standard InChI is InChI=1S/C11H21NO3/c1-3-4-5-9(2)6-10(11(14)15)7-12-8-13/h8-10H,3-7H2,1-2H3,(H,12,13)(H,14,15). The largest absolute Gasteiger partial charge is 0.481 e. The summed E-state index contributed by atoms with van der Waals surface area (Å²) in [5.41, 5.74) is 0. The molecule has 0 aliphatic carbocycles. The smallest absolute Gasteiger partial charge is 0.308 e. The van der Waals surface area contributed by atoms with Crippen LogP contribution in [0.2, 0.25) is 0 Å². The number of nitrogens with one attached hydrogen (secondary N) is 1. The van der Waals surface area contributed by atoms with Crippen LogP contribution in [0.1, 0.15) is 39.5 Å². The Bertz CT molecular complexity index is 194. The van der Waals surface area contributed by atoms with Crippen molar-refractivity contribution in [2.45, 2.75) is 39.5 Å². The van der Waals surface area contributed by atoms with Gasteiger partial charge in [0.15, 0.2) is 0 Å². The van der Waals surface area contributed by atoms with Crippen LogP contribution in [-0.2, 0) is 9.59 Å². The molecule has 0 aromatic heterocycles. The minimum atomic E-state index is -0.826. The van der Waals surface area contributed by atoms with Gasteiger partial charge in [-0.1, -0.05) is 33.1 Å². The van der Waals surface area contributed by atoms with Gasteiger partial charge in [-0.05, 0) is 12.3 Å². The summed E-state index contributed by atoms with van der Waals surface area (Å²) in [6.07, 6.45) is 4.51. The molecular formula is C11H21NO3. The van der Waals surface area contributed by atoms with Gasteiger partial charge in [0.2, 0.25) is 6.41 Å². The Hall–Kier alpha value is -1.06. The molecule has 0 aliphatic heterocycles. The quantitative estimate of drug-likeness (QED) is 0.575. The van der Waals surface area contributed by atoms with Gasteiger partial charge in [0.25, 0.3) is 0 Å². The highest BCUT2D eigenvalue weighted by Gasteiger charge is 2.19. The zero-order valence-corrected chi connectivity index (χ0v) is 9.53. The van der Waals surface area contributed by atoms with Gasteiger partial charge in [0.05, 0.1) is 5.92 Å². The van der Waals surface area contributed by atoms with Crippen LogP contribution in [0.15, 0.2) is 0 Å². The number of carboxylic acid groups (broad SMARTS) is 1. The molecule has 0 fully saturated rings. The fraction of sp³-hybridized carbons (Fsp3) is 0.818. The number of unbranched alkanes of at least 4 members (excludes halogenated alkanes) is 1. The molecule has 0 aromatic carbocycles. The third-order valence-corrected chi connectivity index (χ3v) is 2.53. The summed E-state index contributed by atoms with van der Waals surface area (Å²) in [5, 5.41) is 11.3. The van der Waals surface area contributed by atoms with Crippen molar-refractivity contribution in [2.75, 3.05) is 6.54 Å². The Kier molecular flexibility index (Phi) is 7.68. The zero-order valence-electron chi connectivity index (χ0n) is 9.53. The average molecular weight is 215 g/mol. The van der Waals surface area contributed by atoms with E-state index in [1.807, 2.05) is 0 Å². The van der Waals surface area contributed by atoms with Crippen molar-refractivity contribution in [1.82, 2.24) is 5.32 Å². The Balaban J connectivity index is 3.92. The molecule has 0 bridgehead atoms. The van der Waals surface area contributed by atoms with Crippen molar-refractivity contribution in [2.24, 2.45) is 11.8 Å². The molecule has 4 nitrogen and oxygen atoms in total. The molecule has 0 spiro atoms. The maximum absolute atomic E-state index is 10.9. The minimum absolute atomic E-state index is 0.231. The summed E-state index contributed by atoms with van der Waals surface area (Å²) in [6, 6.07) is 0. The zero-order chi connectivity index (χ0) is 11.7. The third-order valence-electron chi connectivity index (χ3n) is 2.53. The summed E-state index contributed by atoms with van der Waals surface area (Å²) in [7, 11) is 0. The minimum Gasteiger partial charge on any atom is -0.481 e. The molecule has 0 aliphatic rings. The van der Waals surface area contributed by atoms with Crippen molar-refractivity contribution < 1.29 is 14.7 Å². The van der Waals surface area contributed by atoms with Crippen LogP contribution in [0.3, 0.4) is 0 Å². The molecule has 1 amide bonds. The summed E-state index contributed by atoms with van der Waals surface area (Å²) >= 11 is 0. The fourth-order valence-corrected chi connectivity index (χ4v) is 1.62. The molecule has 15 heavy (non-hydrogen) atoms. The second kappa shape index (κ2) is 8.26. The molecular weight excluding hydrogens is 194 g/mol. The highest BCUT2D eigenvalue weighted by atomic mass is 16.4. The predicted octanol–water partition coefficient (Wildman–Crippen LogP) is 1.65. The van der Waals surface area contributed by atoms with Crippen LogP contribution >= 0.6 is 0 Å². The number of carbonyl (C=O) groups excluding carboxylic acids is 1. The average Bonchev–Trinajstić information content (AvgIpc) is 2.20. The number of amides is 1. The van der Waals surface area contributed by atoms with Gasteiger partial charge in [-0.3, -0.25) is 9.59 Å². The second-order valence-corrected chi connectivity index (χ2v) is 4.04. The van der Waals surface area contributed by atoms with Gasteiger partial charge in [0.1, 0.15) is 0 Å². The van der Waals surface area contributed by atoms with E-state index in [4.69, 9.17) is 5.11 Å². The molecule has 0 radical (unpaired) electrons. The van der Waals surface area contributed by atoms with Crippen LogP contribution in [0.4, 0.5) is 0 Å². The lowest BCUT2D eigenvalue weighted by Gasteiger charge is -2.16. The first-order chi connectivity index (χ1) is 7.11. The number of hydrogen-bond donors (Lipinski definition) is 2. The number of aliphatic carboxylic acids is 1. The van der Waals surface area contributed by atoms with Crippen LogP contribution in [0, 0.1) is 11.8 Å². The molecule has 0 aromatic rings. The monoisotopic (exact) mass is 215 g/mol. The second-order valence-electron chi connectivity index (χ2n) is 4.04. The Morgan fingerprint density at radius 2 is 2.20 bits per heavy atom. The van der Waals surface area contributed by atoms with Gasteiger partial charge < -0.3 is 10.4 Å². The van der Waals surface area contributed by atoms with Gasteiger partial charge >= 0.3 is 5.97 Å². The van der Waals surface area contributed by atoms with Crippen LogP contribution in [0.5, 0.6) is 0 Å². The highest BCUT2D eigenvalue weighted by Crippen LogP contribution is 2.17. The SMILES string of the molecule is CCCCC(C)CC(CNC=O)C(=O)O.